The molecule has 0 aliphatic rings. The van der Waals surface area contributed by atoms with Crippen LogP contribution in [0.4, 0.5) is 0 Å². The first-order valence-corrected chi connectivity index (χ1v) is 6.16. The number of rotatable bonds is 8. The summed E-state index contributed by atoms with van der Waals surface area (Å²) in [4.78, 5) is 11.3. The van der Waals surface area contributed by atoms with E-state index in [1.165, 1.54) is 14.0 Å². The maximum atomic E-state index is 11.3. The van der Waals surface area contributed by atoms with E-state index in [9.17, 15) is 9.90 Å². The van der Waals surface area contributed by atoms with Crippen molar-refractivity contribution in [2.45, 2.75) is 20.0 Å². The Bertz CT molecular complexity index is 416. The molecule has 0 radical (unpaired) electrons. The lowest BCUT2D eigenvalue weighted by atomic mass is 10.1. The number of aliphatic hydroxyl groups is 1. The van der Waals surface area contributed by atoms with Crippen LogP contribution >= 0.6 is 0 Å². The molecule has 0 saturated heterocycles. The molecule has 1 rings (SSSR count). The van der Waals surface area contributed by atoms with Crippen molar-refractivity contribution in [3.8, 4) is 11.5 Å². The molecule has 1 unspecified atom stereocenters. The topological polar surface area (TPSA) is 65.0 Å². The van der Waals surface area contributed by atoms with Gasteiger partial charge < -0.3 is 19.3 Å². The quantitative estimate of drug-likeness (QED) is 0.727. The van der Waals surface area contributed by atoms with Gasteiger partial charge in [0, 0.05) is 12.2 Å². The fourth-order valence-corrected chi connectivity index (χ4v) is 1.49. The summed E-state index contributed by atoms with van der Waals surface area (Å²) >= 11 is 0. The number of ketones is 1. The molecular weight excluding hydrogens is 248 g/mol. The molecule has 19 heavy (non-hydrogen) atoms. The van der Waals surface area contributed by atoms with Gasteiger partial charge in [-0.1, -0.05) is 0 Å². The molecular formula is C14H20O5. The van der Waals surface area contributed by atoms with E-state index in [0.29, 0.717) is 23.7 Å². The molecule has 1 aromatic carbocycles. The van der Waals surface area contributed by atoms with E-state index in [-0.39, 0.29) is 19.0 Å². The number of methoxy groups -OCH3 is 1. The van der Waals surface area contributed by atoms with Gasteiger partial charge in [-0.25, -0.2) is 0 Å². The van der Waals surface area contributed by atoms with Crippen molar-refractivity contribution < 1.29 is 24.1 Å². The Morgan fingerprint density at radius 2 is 2.05 bits per heavy atom. The summed E-state index contributed by atoms with van der Waals surface area (Å²) in [6.07, 6.45) is -0.697. The number of benzene rings is 1. The predicted molar refractivity (Wildman–Crippen MR) is 71.0 cm³/mol. The first-order valence-electron chi connectivity index (χ1n) is 6.16. The summed E-state index contributed by atoms with van der Waals surface area (Å²) in [5, 5.41) is 9.60. The van der Waals surface area contributed by atoms with Crippen LogP contribution in [-0.2, 0) is 4.74 Å². The second-order valence-electron chi connectivity index (χ2n) is 4.05. The number of Topliss-reactive ketones (excluding diaryl/α,β-unsaturated/α-hetero) is 1. The zero-order valence-corrected chi connectivity index (χ0v) is 11.5. The average molecular weight is 268 g/mol. The minimum absolute atomic E-state index is 0.0405. The molecule has 0 spiro atoms. The van der Waals surface area contributed by atoms with E-state index >= 15 is 0 Å². The number of carbonyl (C=O) groups excluding carboxylic acids is 1. The lowest BCUT2D eigenvalue weighted by Crippen LogP contribution is -2.23. The van der Waals surface area contributed by atoms with E-state index < -0.39 is 6.10 Å². The van der Waals surface area contributed by atoms with Crippen LogP contribution in [0.2, 0.25) is 0 Å². The van der Waals surface area contributed by atoms with Gasteiger partial charge in [0.05, 0.1) is 13.7 Å². The second-order valence-corrected chi connectivity index (χ2v) is 4.05. The SMILES string of the molecule is CCOCC(O)COc1ccc(C(C)=O)cc1OC. The third kappa shape index (κ3) is 4.89. The lowest BCUT2D eigenvalue weighted by molar-refractivity contribution is 0.0159. The summed E-state index contributed by atoms with van der Waals surface area (Å²) in [6.45, 7) is 4.23. The summed E-state index contributed by atoms with van der Waals surface area (Å²) in [5.41, 5.74) is 0.555. The zero-order valence-electron chi connectivity index (χ0n) is 11.5. The highest BCUT2D eigenvalue weighted by Gasteiger charge is 2.11. The van der Waals surface area contributed by atoms with Crippen molar-refractivity contribution in [3.05, 3.63) is 23.8 Å². The third-order valence-electron chi connectivity index (χ3n) is 2.52. The maximum absolute atomic E-state index is 11.3. The average Bonchev–Trinajstić information content (AvgIpc) is 2.42. The van der Waals surface area contributed by atoms with Crippen LogP contribution in [0.3, 0.4) is 0 Å². The summed E-state index contributed by atoms with van der Waals surface area (Å²) < 4.78 is 15.7. The summed E-state index contributed by atoms with van der Waals surface area (Å²) in [7, 11) is 1.50. The van der Waals surface area contributed by atoms with Gasteiger partial charge in [0.25, 0.3) is 0 Å². The second kappa shape index (κ2) is 7.76. The first-order chi connectivity index (χ1) is 9.08. The molecule has 5 nitrogen and oxygen atoms in total. The normalized spacial score (nSPS) is 12.0. The molecule has 1 atom stereocenters. The minimum Gasteiger partial charge on any atom is -0.493 e. The van der Waals surface area contributed by atoms with Gasteiger partial charge in [0.15, 0.2) is 17.3 Å². The van der Waals surface area contributed by atoms with Gasteiger partial charge in [0.2, 0.25) is 0 Å². The predicted octanol–water partition coefficient (Wildman–Crippen LogP) is 1.67. The van der Waals surface area contributed by atoms with Gasteiger partial charge in [-0.05, 0) is 32.0 Å². The molecule has 0 heterocycles. The Kier molecular flexibility index (Phi) is 6.32. The van der Waals surface area contributed by atoms with Gasteiger partial charge in [-0.3, -0.25) is 4.79 Å². The fraction of sp³-hybridized carbons (Fsp3) is 0.500. The highest BCUT2D eigenvalue weighted by Crippen LogP contribution is 2.28. The van der Waals surface area contributed by atoms with Crippen LogP contribution in [0.5, 0.6) is 11.5 Å². The van der Waals surface area contributed by atoms with Crippen LogP contribution < -0.4 is 9.47 Å². The Balaban J connectivity index is 2.65. The number of hydrogen-bond acceptors (Lipinski definition) is 5. The van der Waals surface area contributed by atoms with Crippen LogP contribution in [0.15, 0.2) is 18.2 Å². The Morgan fingerprint density at radius 3 is 2.63 bits per heavy atom. The largest absolute Gasteiger partial charge is 0.493 e. The zero-order chi connectivity index (χ0) is 14.3. The number of aliphatic hydroxyl groups excluding tert-OH is 1. The standard InChI is InChI=1S/C14H20O5/c1-4-18-8-12(16)9-19-13-6-5-11(10(2)15)7-14(13)17-3/h5-7,12,16H,4,8-9H2,1-3H3. The molecule has 0 fully saturated rings. The van der Waals surface area contributed by atoms with Crippen LogP contribution in [0.1, 0.15) is 24.2 Å². The Labute approximate surface area is 113 Å². The molecule has 0 aliphatic carbocycles. The van der Waals surface area contributed by atoms with Gasteiger partial charge in [0.1, 0.15) is 12.7 Å². The molecule has 1 N–H and O–H groups in total. The van der Waals surface area contributed by atoms with E-state index in [1.807, 2.05) is 6.92 Å². The molecule has 0 bridgehead atoms. The third-order valence-corrected chi connectivity index (χ3v) is 2.52. The van der Waals surface area contributed by atoms with E-state index in [2.05, 4.69) is 0 Å². The first kappa shape index (κ1) is 15.5. The maximum Gasteiger partial charge on any atom is 0.161 e. The number of carbonyl (C=O) groups is 1. The highest BCUT2D eigenvalue weighted by molar-refractivity contribution is 5.94. The smallest absolute Gasteiger partial charge is 0.161 e. The van der Waals surface area contributed by atoms with Crippen molar-refractivity contribution in [1.29, 1.82) is 0 Å². The van der Waals surface area contributed by atoms with Crippen LogP contribution in [0.25, 0.3) is 0 Å². The van der Waals surface area contributed by atoms with Crippen LogP contribution in [-0.4, -0.2) is 43.9 Å². The Hall–Kier alpha value is -1.59. The Morgan fingerprint density at radius 1 is 1.32 bits per heavy atom. The molecule has 106 valence electrons. The van der Waals surface area contributed by atoms with E-state index in [0.717, 1.165) is 0 Å². The lowest BCUT2D eigenvalue weighted by Gasteiger charge is -2.14. The molecule has 0 aromatic heterocycles. The van der Waals surface area contributed by atoms with Gasteiger partial charge in [-0.2, -0.15) is 0 Å². The van der Waals surface area contributed by atoms with Crippen molar-refractivity contribution in [2.75, 3.05) is 26.9 Å². The van der Waals surface area contributed by atoms with E-state index in [4.69, 9.17) is 14.2 Å². The van der Waals surface area contributed by atoms with Gasteiger partial charge in [-0.15, -0.1) is 0 Å². The van der Waals surface area contributed by atoms with Crippen molar-refractivity contribution in [1.82, 2.24) is 0 Å². The summed E-state index contributed by atoms with van der Waals surface area (Å²) in [6, 6.07) is 4.94. The highest BCUT2D eigenvalue weighted by atomic mass is 16.5. The fourth-order valence-electron chi connectivity index (χ4n) is 1.49. The minimum atomic E-state index is -0.697. The summed E-state index contributed by atoms with van der Waals surface area (Å²) in [5.74, 6) is 0.917. The van der Waals surface area contributed by atoms with Crippen molar-refractivity contribution in [3.63, 3.8) is 0 Å². The van der Waals surface area contributed by atoms with Crippen LogP contribution in [0, 0.1) is 0 Å². The molecule has 0 amide bonds. The number of ether oxygens (including phenoxy) is 3. The van der Waals surface area contributed by atoms with Crippen molar-refractivity contribution >= 4 is 5.78 Å². The molecule has 5 heteroatoms. The van der Waals surface area contributed by atoms with Gasteiger partial charge >= 0.3 is 0 Å². The van der Waals surface area contributed by atoms with E-state index in [1.54, 1.807) is 18.2 Å². The monoisotopic (exact) mass is 268 g/mol. The molecule has 0 aliphatic heterocycles. The number of hydrogen-bond donors (Lipinski definition) is 1. The molecule has 0 saturated carbocycles. The van der Waals surface area contributed by atoms with Crippen molar-refractivity contribution in [2.24, 2.45) is 0 Å². The molecule has 1 aromatic rings.